The van der Waals surface area contributed by atoms with E-state index < -0.39 is 39.0 Å². The highest BCUT2D eigenvalue weighted by Crippen LogP contribution is 2.36. The minimum atomic E-state index is -2.82. The Bertz CT molecular complexity index is 1580. The molecule has 1 N–H and O–H groups in total. The molecule has 0 spiro atoms. The quantitative estimate of drug-likeness (QED) is 0.289. The van der Waals surface area contributed by atoms with Crippen molar-refractivity contribution in [3.8, 4) is 45.9 Å². The van der Waals surface area contributed by atoms with Crippen LogP contribution in [-0.4, -0.2) is 38.1 Å². The van der Waals surface area contributed by atoms with Crippen molar-refractivity contribution in [2.45, 2.75) is 26.2 Å². The van der Waals surface area contributed by atoms with Crippen molar-refractivity contribution in [1.29, 1.82) is 0 Å². The van der Waals surface area contributed by atoms with Gasteiger partial charge in [-0.3, -0.25) is 9.78 Å². The minimum Gasteiger partial charge on any atom is -0.494 e. The van der Waals surface area contributed by atoms with E-state index in [1.54, 1.807) is 18.2 Å². The molecular weight excluding hydrogens is 639 g/mol. The van der Waals surface area contributed by atoms with Crippen molar-refractivity contribution in [2.24, 2.45) is 9.12 Å². The topological polar surface area (TPSA) is 99.8 Å². The largest absolute Gasteiger partial charge is 0.494 e. The lowest BCUT2D eigenvalue weighted by Gasteiger charge is -2.11. The molecule has 1 aliphatic carbocycles. The molecule has 8 nitrogen and oxygen atoms in total. The Labute approximate surface area is 238 Å². The van der Waals surface area contributed by atoms with Crippen LogP contribution in [0.1, 0.15) is 41.0 Å². The summed E-state index contributed by atoms with van der Waals surface area (Å²) in [4.78, 5) is 26.0. The first-order valence-corrected chi connectivity index (χ1v) is 14.6. The molecule has 3 aromatic heterocycles. The van der Waals surface area contributed by atoms with E-state index in [9.17, 15) is 13.6 Å². The predicted octanol–water partition coefficient (Wildman–Crippen LogP) is 4.74. The molecule has 1 fully saturated rings. The SMILES string of the molecule is COc1cnc(C(F)F)cc1-c1cc(-c2ccc(C)nc2OC)[n+]#cc1C(=O)NC1=IN=C(C#CC2CC2)S1. The molecule has 4 heterocycles. The minimum absolute atomic E-state index is 0.0529. The second-order valence-electron chi connectivity index (χ2n) is 8.51. The Morgan fingerprint density at radius 2 is 2.05 bits per heavy atom. The van der Waals surface area contributed by atoms with Gasteiger partial charge in [0, 0.05) is 28.8 Å². The van der Waals surface area contributed by atoms with Crippen LogP contribution in [0.15, 0.2) is 33.7 Å². The molecule has 0 radical (unpaired) electrons. The molecular formula is C27H21F2IN5O3S+. The Hall–Kier alpha value is -3.62. The van der Waals surface area contributed by atoms with E-state index in [0.29, 0.717) is 31.1 Å². The molecule has 1 aliphatic heterocycles. The second-order valence-corrected chi connectivity index (χ2v) is 12.3. The van der Waals surface area contributed by atoms with E-state index in [2.05, 4.69) is 41.5 Å². The third-order valence-electron chi connectivity index (χ3n) is 5.71. The zero-order valence-electron chi connectivity index (χ0n) is 21.0. The smallest absolute Gasteiger partial charge is 0.353 e. The van der Waals surface area contributed by atoms with E-state index in [-0.39, 0.29) is 22.4 Å². The van der Waals surface area contributed by atoms with Gasteiger partial charge in [0.15, 0.2) is 10.6 Å². The van der Waals surface area contributed by atoms with Crippen LogP contribution >= 0.6 is 32.8 Å². The van der Waals surface area contributed by atoms with Gasteiger partial charge >= 0.3 is 11.9 Å². The van der Waals surface area contributed by atoms with E-state index in [1.165, 1.54) is 38.2 Å². The number of hydrogen-bond donors (Lipinski definition) is 1. The number of alkyl halides is 2. The zero-order chi connectivity index (χ0) is 27.5. The monoisotopic (exact) mass is 660 g/mol. The van der Waals surface area contributed by atoms with Gasteiger partial charge in [-0.05, 0) is 60.6 Å². The number of hydrogen-bond acceptors (Lipinski definition) is 7. The maximum absolute atomic E-state index is 13.6. The summed E-state index contributed by atoms with van der Waals surface area (Å²) in [6, 6.07) is 6.39. The lowest BCUT2D eigenvalue weighted by molar-refractivity contribution is -0.280. The summed E-state index contributed by atoms with van der Waals surface area (Å²) in [6.07, 6.45) is 3.44. The number of pyridine rings is 2. The molecule has 3 aromatic rings. The number of halogens is 3. The number of rotatable bonds is 7. The van der Waals surface area contributed by atoms with Gasteiger partial charge in [-0.2, -0.15) is 0 Å². The molecule has 1 amide bonds. The number of nitrogens with one attached hydrogen (secondary N) is 1. The third-order valence-corrected chi connectivity index (χ3v) is 9.26. The highest BCUT2D eigenvalue weighted by atomic mass is 127. The Kier molecular flexibility index (Phi) is 8.04. The number of nitrogens with zero attached hydrogens (tertiary/aromatic N) is 4. The number of carbonyl (C=O) groups is 1. The summed E-state index contributed by atoms with van der Waals surface area (Å²) in [5.74, 6) is 6.75. The molecule has 0 saturated heterocycles. The van der Waals surface area contributed by atoms with Crippen LogP contribution in [-0.2, 0) is 0 Å². The molecule has 5 rings (SSSR count). The number of ether oxygens (including phenoxy) is 2. The summed E-state index contributed by atoms with van der Waals surface area (Å²) in [6.45, 7) is 1.83. The Morgan fingerprint density at radius 1 is 1.23 bits per heavy atom. The van der Waals surface area contributed by atoms with E-state index >= 15 is 0 Å². The van der Waals surface area contributed by atoms with Gasteiger partial charge in [-0.25, -0.2) is 17.0 Å². The summed E-state index contributed by atoms with van der Waals surface area (Å²) < 4.78 is 43.3. The van der Waals surface area contributed by atoms with Gasteiger partial charge in [0.1, 0.15) is 20.0 Å². The summed E-state index contributed by atoms with van der Waals surface area (Å²) in [5.41, 5.74) is 1.82. The van der Waals surface area contributed by atoms with Gasteiger partial charge in [0.25, 0.3) is 12.3 Å². The van der Waals surface area contributed by atoms with Crippen molar-refractivity contribution in [3.63, 3.8) is 0 Å². The van der Waals surface area contributed by atoms with Crippen LogP contribution in [0, 0.1) is 30.9 Å². The molecule has 0 aromatic carbocycles. The van der Waals surface area contributed by atoms with E-state index in [0.717, 1.165) is 18.5 Å². The average molecular weight is 660 g/mol. The number of amides is 1. The lowest BCUT2D eigenvalue weighted by atomic mass is 9.98. The van der Waals surface area contributed by atoms with Crippen LogP contribution in [0.2, 0.25) is 0 Å². The zero-order valence-corrected chi connectivity index (χ0v) is 24.0. The maximum Gasteiger partial charge on any atom is 0.353 e. The molecule has 198 valence electrons. The summed E-state index contributed by atoms with van der Waals surface area (Å²) in [5, 5.41) is 3.59. The Morgan fingerprint density at radius 3 is 2.77 bits per heavy atom. The molecule has 2 aliphatic rings. The number of aryl methyl sites for hydroxylation is 1. The molecule has 12 heteroatoms. The van der Waals surface area contributed by atoms with Crippen molar-refractivity contribution >= 4 is 46.7 Å². The van der Waals surface area contributed by atoms with E-state index in [4.69, 9.17) is 9.47 Å². The van der Waals surface area contributed by atoms with Crippen LogP contribution in [0.3, 0.4) is 0 Å². The van der Waals surface area contributed by atoms with Crippen molar-refractivity contribution in [1.82, 2.24) is 15.3 Å². The van der Waals surface area contributed by atoms with Gasteiger partial charge < -0.3 is 14.8 Å². The van der Waals surface area contributed by atoms with Crippen LogP contribution in [0.5, 0.6) is 11.6 Å². The fraction of sp³-hybridized carbons (Fsp3) is 0.259. The second kappa shape index (κ2) is 11.6. The van der Waals surface area contributed by atoms with Crippen LogP contribution in [0.25, 0.3) is 22.4 Å². The molecule has 39 heavy (non-hydrogen) atoms. The highest BCUT2D eigenvalue weighted by molar-refractivity contribution is 14.2. The van der Waals surface area contributed by atoms with Crippen LogP contribution in [0.4, 0.5) is 8.78 Å². The molecule has 1 saturated carbocycles. The number of aromatic nitrogens is 3. The highest BCUT2D eigenvalue weighted by Gasteiger charge is 2.28. The first kappa shape index (κ1) is 27.0. The van der Waals surface area contributed by atoms with Gasteiger partial charge in [-0.15, -0.1) is 0 Å². The fourth-order valence-electron chi connectivity index (χ4n) is 3.61. The third kappa shape index (κ3) is 6.18. The number of carbonyl (C=O) groups excluding carboxylic acids is 1. The maximum atomic E-state index is 13.6. The first-order valence-electron chi connectivity index (χ1n) is 11.7. The van der Waals surface area contributed by atoms with Crippen LogP contribution < -0.4 is 19.8 Å². The Balaban J connectivity index is 1.54. The number of thioether (sulfide) groups is 1. The van der Waals surface area contributed by atoms with Gasteiger partial charge in [0.05, 0.1) is 41.4 Å². The fourth-order valence-corrected chi connectivity index (χ4v) is 6.70. The molecule has 0 unspecified atom stereocenters. The first-order chi connectivity index (χ1) is 18.9. The average Bonchev–Trinajstić information content (AvgIpc) is 3.68. The number of methoxy groups -OCH3 is 2. The van der Waals surface area contributed by atoms with Crippen molar-refractivity contribution in [3.05, 3.63) is 53.6 Å². The standard InChI is InChI=1S/C27H20F2IN5O3S/c1-14-4-8-16(26(33-14)38-3)20-10-17(18-11-21(24(28)29)32-13-22(18)37-2)19(12-31-20)25(36)34-27-30-35-23(39-27)9-7-15-5-6-15/h4,8,10-11,13,15,24H,5-6H2,1-3H3/p+1. The normalized spacial score (nSPS) is 14.3. The van der Waals surface area contributed by atoms with E-state index in [1.807, 2.05) is 6.92 Å². The van der Waals surface area contributed by atoms with Crippen molar-refractivity contribution in [2.75, 3.05) is 14.2 Å². The lowest BCUT2D eigenvalue weighted by Crippen LogP contribution is -2.28. The van der Waals surface area contributed by atoms with Gasteiger partial charge in [0.2, 0.25) is 5.88 Å². The predicted molar refractivity (Wildman–Crippen MR) is 152 cm³/mol. The molecule has 0 atom stereocenters. The van der Waals surface area contributed by atoms with Crippen molar-refractivity contribution < 1.29 is 28.0 Å². The van der Waals surface area contributed by atoms with Gasteiger partial charge in [-0.1, -0.05) is 5.92 Å². The summed E-state index contributed by atoms with van der Waals surface area (Å²) >= 11 is 0.539. The summed E-state index contributed by atoms with van der Waals surface area (Å²) in [7, 11) is 2.89. The molecule has 0 bridgehead atoms.